The number of benzene rings is 2. The standard InChI is InChI=1S/C40H46F3N3O6S/c1-25(2)31-13-9-29(10-14-31)23-51-38(47)46(39(48)52-24-30-11-15-32(16-12-30)26(3)4)53(49,50)34-19-17-33(18-20-34)45-36(22-37(44)40(41,42)43)35-21-27(5)7-8-28(35)6/h7-9,11,17-22,31-32H,1,3,10,12-16,23-24,44H2,2,4-6H3/t31-,32?/m1/s1. The molecule has 13 heteroatoms. The van der Waals surface area contributed by atoms with Crippen LogP contribution in [0.25, 0.3) is 0 Å². The van der Waals surface area contributed by atoms with Crippen LogP contribution in [0.2, 0.25) is 0 Å². The van der Waals surface area contributed by atoms with Crippen molar-refractivity contribution in [1.29, 1.82) is 0 Å². The molecule has 0 aliphatic heterocycles. The van der Waals surface area contributed by atoms with E-state index in [1.54, 1.807) is 32.0 Å². The fourth-order valence-corrected chi connectivity index (χ4v) is 7.17. The molecule has 0 aromatic heterocycles. The number of aryl methyl sites for hydroxylation is 2. The molecule has 0 heterocycles. The first kappa shape index (κ1) is 40.9. The van der Waals surface area contributed by atoms with Crippen LogP contribution >= 0.6 is 0 Å². The Morgan fingerprint density at radius 3 is 1.85 bits per heavy atom. The largest absolute Gasteiger partial charge is 0.444 e. The van der Waals surface area contributed by atoms with Gasteiger partial charge in [0.25, 0.3) is 10.0 Å². The van der Waals surface area contributed by atoms with Crippen molar-refractivity contribution in [2.24, 2.45) is 22.6 Å². The molecule has 2 aromatic rings. The van der Waals surface area contributed by atoms with Crippen molar-refractivity contribution < 1.29 is 40.7 Å². The molecule has 2 aromatic carbocycles. The minimum absolute atomic E-state index is 0.0419. The van der Waals surface area contributed by atoms with E-state index in [0.29, 0.717) is 54.7 Å². The molecule has 0 fully saturated rings. The van der Waals surface area contributed by atoms with Crippen molar-refractivity contribution in [1.82, 2.24) is 4.31 Å². The van der Waals surface area contributed by atoms with E-state index in [9.17, 15) is 31.2 Å². The van der Waals surface area contributed by atoms with Crippen molar-refractivity contribution in [2.75, 3.05) is 13.2 Å². The molecular weight excluding hydrogens is 708 g/mol. The maximum atomic E-state index is 13.9. The second kappa shape index (κ2) is 17.3. The lowest BCUT2D eigenvalue weighted by Gasteiger charge is -2.24. The van der Waals surface area contributed by atoms with Gasteiger partial charge in [-0.1, -0.05) is 58.5 Å². The third kappa shape index (κ3) is 10.8. The molecule has 2 atom stereocenters. The quantitative estimate of drug-likeness (QED) is 0.179. The van der Waals surface area contributed by atoms with Gasteiger partial charge in [-0.15, -0.1) is 0 Å². The second-order valence-corrected chi connectivity index (χ2v) is 15.4. The maximum absolute atomic E-state index is 13.9. The third-order valence-electron chi connectivity index (χ3n) is 9.41. The summed E-state index contributed by atoms with van der Waals surface area (Å²) in [6.45, 7) is 14.9. The number of halogens is 3. The molecule has 9 nitrogen and oxygen atoms in total. The number of amides is 2. The lowest BCUT2D eigenvalue weighted by atomic mass is 9.86. The van der Waals surface area contributed by atoms with E-state index in [1.807, 2.05) is 26.0 Å². The summed E-state index contributed by atoms with van der Waals surface area (Å²) in [7, 11) is -4.90. The van der Waals surface area contributed by atoms with Gasteiger partial charge in [-0.05, 0) is 131 Å². The van der Waals surface area contributed by atoms with Gasteiger partial charge in [-0.2, -0.15) is 13.2 Å². The molecule has 2 amide bonds. The van der Waals surface area contributed by atoms with E-state index in [1.165, 1.54) is 12.1 Å². The first-order valence-electron chi connectivity index (χ1n) is 17.2. The summed E-state index contributed by atoms with van der Waals surface area (Å²) in [5, 5.41) is 0. The van der Waals surface area contributed by atoms with Crippen molar-refractivity contribution in [2.45, 2.75) is 77.3 Å². The number of alkyl halides is 3. The molecule has 2 aliphatic rings. The first-order chi connectivity index (χ1) is 24.9. The number of sulfonamides is 1. The van der Waals surface area contributed by atoms with Gasteiger partial charge >= 0.3 is 18.4 Å². The van der Waals surface area contributed by atoms with E-state index >= 15 is 0 Å². The van der Waals surface area contributed by atoms with Crippen LogP contribution < -0.4 is 5.73 Å². The van der Waals surface area contributed by atoms with Gasteiger partial charge in [0.05, 0.1) is 16.3 Å². The van der Waals surface area contributed by atoms with Crippen molar-refractivity contribution >= 4 is 33.6 Å². The van der Waals surface area contributed by atoms with Gasteiger partial charge in [-0.25, -0.2) is 23.0 Å². The normalized spacial score (nSPS) is 18.4. The Hall–Kier alpha value is -4.91. The van der Waals surface area contributed by atoms with E-state index in [2.05, 4.69) is 18.2 Å². The predicted octanol–water partition coefficient (Wildman–Crippen LogP) is 9.70. The molecule has 0 saturated carbocycles. The SMILES string of the molecule is C=C(C)C1CC=C(COC(=O)N(C(=O)OCC2=CC[C@@H](C(=C)C)CC2)S(=O)(=O)c2ccc(N=C(C=C(N)C(F)(F)F)c3cc(C)ccc3C)cc2)CC1. The van der Waals surface area contributed by atoms with Gasteiger partial charge in [-0.3, -0.25) is 0 Å². The maximum Gasteiger partial charge on any atom is 0.434 e. The molecule has 2 N–H and O–H groups in total. The fourth-order valence-electron chi connectivity index (χ4n) is 5.98. The average Bonchev–Trinajstić information content (AvgIpc) is 3.10. The van der Waals surface area contributed by atoms with Crippen LogP contribution in [0, 0.1) is 25.7 Å². The Morgan fingerprint density at radius 2 is 1.42 bits per heavy atom. The summed E-state index contributed by atoms with van der Waals surface area (Å²) < 4.78 is 78.9. The van der Waals surface area contributed by atoms with Crippen molar-refractivity contribution in [3.05, 3.63) is 119 Å². The van der Waals surface area contributed by atoms with Crippen LogP contribution in [0.15, 0.2) is 112 Å². The number of hydrogen-bond acceptors (Lipinski definition) is 8. The molecule has 0 spiro atoms. The number of carbonyl (C=O) groups is 2. The minimum Gasteiger partial charge on any atom is -0.444 e. The third-order valence-corrected chi connectivity index (χ3v) is 11.1. The second-order valence-electron chi connectivity index (χ2n) is 13.6. The summed E-state index contributed by atoms with van der Waals surface area (Å²) in [6, 6.07) is 9.83. The lowest BCUT2D eigenvalue weighted by Crippen LogP contribution is -2.43. The summed E-state index contributed by atoms with van der Waals surface area (Å²) in [5.41, 5.74) is 9.38. The molecule has 0 bridgehead atoms. The van der Waals surface area contributed by atoms with Crippen LogP contribution in [0.1, 0.15) is 69.1 Å². The molecule has 53 heavy (non-hydrogen) atoms. The predicted molar refractivity (Wildman–Crippen MR) is 199 cm³/mol. The zero-order valence-electron chi connectivity index (χ0n) is 30.5. The highest BCUT2D eigenvalue weighted by Crippen LogP contribution is 2.31. The molecule has 284 valence electrons. The first-order valence-corrected chi connectivity index (χ1v) is 18.7. The number of nitrogens with two attached hydrogens (primary N) is 1. The van der Waals surface area contributed by atoms with Crippen molar-refractivity contribution in [3.8, 4) is 0 Å². The highest BCUT2D eigenvalue weighted by Gasteiger charge is 2.39. The van der Waals surface area contributed by atoms with E-state index in [0.717, 1.165) is 52.8 Å². The number of imide groups is 1. The molecule has 1 unspecified atom stereocenters. The Morgan fingerprint density at radius 1 is 0.906 bits per heavy atom. The number of nitrogens with zero attached hydrogens (tertiary/aromatic N) is 2. The highest BCUT2D eigenvalue weighted by molar-refractivity contribution is 7.90. The minimum atomic E-state index is -4.90. The van der Waals surface area contributed by atoms with Gasteiger partial charge in [0.1, 0.15) is 18.9 Å². The van der Waals surface area contributed by atoms with E-state index in [-0.39, 0.29) is 28.9 Å². The van der Waals surface area contributed by atoms with Crippen LogP contribution in [0.5, 0.6) is 0 Å². The van der Waals surface area contributed by atoms with Gasteiger partial charge in [0, 0.05) is 5.56 Å². The van der Waals surface area contributed by atoms with Crippen LogP contribution in [-0.2, 0) is 19.5 Å². The van der Waals surface area contributed by atoms with Gasteiger partial charge < -0.3 is 15.2 Å². The van der Waals surface area contributed by atoms with Crippen molar-refractivity contribution in [3.63, 3.8) is 0 Å². The number of hydrogen-bond donors (Lipinski definition) is 1. The number of ether oxygens (including phenoxy) is 2. The summed E-state index contributed by atoms with van der Waals surface area (Å²) in [5.74, 6) is 0.589. The summed E-state index contributed by atoms with van der Waals surface area (Å²) in [4.78, 5) is 30.7. The number of carbonyl (C=O) groups excluding carboxylic acids is 2. The topological polar surface area (TPSA) is 128 Å². The zero-order valence-corrected chi connectivity index (χ0v) is 31.3. The Bertz CT molecular complexity index is 1920. The molecule has 0 radical (unpaired) electrons. The lowest BCUT2D eigenvalue weighted by molar-refractivity contribution is -0.0925. The van der Waals surface area contributed by atoms with Gasteiger partial charge in [0.15, 0.2) is 0 Å². The average molecular weight is 754 g/mol. The highest BCUT2D eigenvalue weighted by atomic mass is 32.2. The Kier molecular flexibility index (Phi) is 13.3. The zero-order chi connectivity index (χ0) is 39.1. The van der Waals surface area contributed by atoms with Crippen LogP contribution in [0.3, 0.4) is 0 Å². The Labute approximate surface area is 309 Å². The summed E-state index contributed by atoms with van der Waals surface area (Å²) in [6.07, 6.45) is 1.06. The molecular formula is C40H46F3N3O6S. The monoisotopic (exact) mass is 753 g/mol. The number of rotatable bonds is 11. The van der Waals surface area contributed by atoms with E-state index < -0.39 is 39.0 Å². The van der Waals surface area contributed by atoms with Crippen LogP contribution in [0.4, 0.5) is 28.4 Å². The number of aliphatic imine (C=N–C) groups is 1. The molecule has 0 saturated heterocycles. The fraction of sp³-hybridized carbons (Fsp3) is 0.375. The van der Waals surface area contributed by atoms with Gasteiger partial charge in [0.2, 0.25) is 0 Å². The smallest absolute Gasteiger partial charge is 0.434 e. The molecule has 4 rings (SSSR count). The summed E-state index contributed by atoms with van der Waals surface area (Å²) >= 11 is 0. The van der Waals surface area contributed by atoms with Crippen LogP contribution in [-0.4, -0.2) is 50.0 Å². The number of allylic oxidation sites excluding steroid dienone is 6. The van der Waals surface area contributed by atoms with E-state index in [4.69, 9.17) is 15.2 Å². The Balaban J connectivity index is 1.63. The molecule has 2 aliphatic carbocycles.